The number of ether oxygens (including phenoxy) is 1. The normalized spacial score (nSPS) is 24.0. The number of halogens is 2. The zero-order valence-electron chi connectivity index (χ0n) is 19.8. The highest BCUT2D eigenvalue weighted by atomic mass is 35.5. The van der Waals surface area contributed by atoms with Crippen LogP contribution < -0.4 is 5.32 Å². The Hall–Kier alpha value is -2.71. The van der Waals surface area contributed by atoms with Gasteiger partial charge in [-0.1, -0.05) is 29.8 Å². The first-order chi connectivity index (χ1) is 16.1. The number of piperidine rings is 1. The molecule has 1 saturated heterocycles. The quantitative estimate of drug-likeness (QED) is 0.249. The van der Waals surface area contributed by atoms with Crippen LogP contribution in [0.5, 0.6) is 0 Å². The summed E-state index contributed by atoms with van der Waals surface area (Å²) in [6.45, 7) is 6.09. The standard InChI is InChI=1S/C25H30ClFN2O5/c1-5-17(23(32)28-11-15-7-6-8-19(26)20(15)27)21(30)22(31)18-10-25(9-16(25)12-34-4)13-29(14(2)3)24(18)33/h5-8,14,16,31H,9-13H2,1-4H3,(H,28,32)/b17-5+,22-18-/t16-,25-/m0/s1. The van der Waals surface area contributed by atoms with Crippen molar-refractivity contribution in [2.45, 2.75) is 46.2 Å². The fourth-order valence-electron chi connectivity index (χ4n) is 4.53. The Morgan fingerprint density at radius 2 is 2.12 bits per heavy atom. The molecule has 184 valence electrons. The van der Waals surface area contributed by atoms with Crippen molar-refractivity contribution in [2.75, 3.05) is 20.3 Å². The predicted octanol–water partition coefficient (Wildman–Crippen LogP) is 3.72. The van der Waals surface area contributed by atoms with Crippen molar-refractivity contribution in [1.82, 2.24) is 10.2 Å². The maximum absolute atomic E-state index is 14.1. The number of carbonyl (C=O) groups excluding carboxylic acids is 3. The Balaban J connectivity index is 1.82. The Morgan fingerprint density at radius 1 is 1.41 bits per heavy atom. The molecule has 2 N–H and O–H groups in total. The Kier molecular flexibility index (Phi) is 7.83. The smallest absolute Gasteiger partial charge is 0.255 e. The minimum absolute atomic E-state index is 0.0107. The zero-order valence-corrected chi connectivity index (χ0v) is 20.5. The number of hydrogen-bond donors (Lipinski definition) is 2. The average Bonchev–Trinajstić information content (AvgIpc) is 3.46. The number of likely N-dealkylation sites (tertiary alicyclic amines) is 1. The number of aliphatic hydroxyl groups is 1. The molecule has 1 aliphatic heterocycles. The first-order valence-electron chi connectivity index (χ1n) is 11.2. The first kappa shape index (κ1) is 25.9. The lowest BCUT2D eigenvalue weighted by Gasteiger charge is -2.38. The summed E-state index contributed by atoms with van der Waals surface area (Å²) in [4.78, 5) is 40.5. The topological polar surface area (TPSA) is 95.9 Å². The number of aliphatic hydroxyl groups excluding tert-OH is 1. The van der Waals surface area contributed by atoms with Crippen LogP contribution in [0, 0.1) is 17.2 Å². The van der Waals surface area contributed by atoms with Crippen molar-refractivity contribution >= 4 is 29.2 Å². The number of hydrogen-bond acceptors (Lipinski definition) is 5. The number of benzene rings is 1. The van der Waals surface area contributed by atoms with Crippen molar-refractivity contribution in [3.05, 3.63) is 57.6 Å². The van der Waals surface area contributed by atoms with Gasteiger partial charge in [0.1, 0.15) is 5.82 Å². The minimum atomic E-state index is -0.945. The molecule has 0 radical (unpaired) electrons. The van der Waals surface area contributed by atoms with Gasteiger partial charge < -0.3 is 20.1 Å². The third kappa shape index (κ3) is 5.03. The van der Waals surface area contributed by atoms with Crippen LogP contribution in [-0.4, -0.2) is 53.9 Å². The number of nitrogens with zero attached hydrogens (tertiary/aromatic N) is 1. The first-order valence-corrected chi connectivity index (χ1v) is 11.6. The minimum Gasteiger partial charge on any atom is -0.504 e. The molecule has 2 fully saturated rings. The molecule has 1 aliphatic carbocycles. The summed E-state index contributed by atoms with van der Waals surface area (Å²) < 4.78 is 19.4. The van der Waals surface area contributed by atoms with E-state index in [0.717, 1.165) is 6.42 Å². The van der Waals surface area contributed by atoms with Crippen LogP contribution in [0.25, 0.3) is 0 Å². The van der Waals surface area contributed by atoms with E-state index >= 15 is 0 Å². The molecule has 1 saturated carbocycles. The Labute approximate surface area is 203 Å². The van der Waals surface area contributed by atoms with Gasteiger partial charge >= 0.3 is 0 Å². The lowest BCUT2D eigenvalue weighted by atomic mass is 9.85. The fraction of sp³-hybridized carbons (Fsp3) is 0.480. The van der Waals surface area contributed by atoms with Crippen molar-refractivity contribution in [2.24, 2.45) is 11.3 Å². The van der Waals surface area contributed by atoms with Crippen LogP contribution in [0.15, 0.2) is 41.2 Å². The molecule has 1 heterocycles. The van der Waals surface area contributed by atoms with Crippen LogP contribution in [0.4, 0.5) is 4.39 Å². The number of methoxy groups -OCH3 is 1. The van der Waals surface area contributed by atoms with Crippen molar-refractivity contribution in [3.63, 3.8) is 0 Å². The molecule has 1 aromatic rings. The number of rotatable bonds is 8. The molecule has 1 aromatic carbocycles. The zero-order chi connectivity index (χ0) is 25.2. The summed E-state index contributed by atoms with van der Waals surface area (Å²) in [5.41, 5.74) is -0.418. The molecule has 34 heavy (non-hydrogen) atoms. The number of allylic oxidation sites excluding steroid dienone is 2. The highest BCUT2D eigenvalue weighted by Gasteiger charge is 2.59. The molecule has 9 heteroatoms. The summed E-state index contributed by atoms with van der Waals surface area (Å²) in [5, 5.41) is 13.3. The highest BCUT2D eigenvalue weighted by molar-refractivity contribution is 6.30. The highest BCUT2D eigenvalue weighted by Crippen LogP contribution is 2.59. The molecule has 3 rings (SSSR count). The van der Waals surface area contributed by atoms with E-state index in [1.807, 2.05) is 13.8 Å². The van der Waals surface area contributed by atoms with Crippen LogP contribution >= 0.6 is 11.6 Å². The van der Waals surface area contributed by atoms with Gasteiger partial charge in [-0.15, -0.1) is 0 Å². The van der Waals surface area contributed by atoms with Gasteiger partial charge in [-0.2, -0.15) is 0 Å². The van der Waals surface area contributed by atoms with E-state index in [1.165, 1.54) is 25.1 Å². The lowest BCUT2D eigenvalue weighted by molar-refractivity contribution is -0.133. The number of Topliss-reactive ketones (excluding diaryl/α,β-unsaturated/α-hetero) is 1. The molecule has 0 unspecified atom stereocenters. The van der Waals surface area contributed by atoms with Gasteiger partial charge in [0, 0.05) is 38.4 Å². The molecule has 1 spiro atoms. The van der Waals surface area contributed by atoms with Gasteiger partial charge in [-0.05, 0) is 51.0 Å². The molecule has 2 amide bonds. The van der Waals surface area contributed by atoms with Crippen LogP contribution in [0.1, 0.15) is 39.2 Å². The van der Waals surface area contributed by atoms with Gasteiger partial charge in [0.25, 0.3) is 11.8 Å². The van der Waals surface area contributed by atoms with E-state index in [1.54, 1.807) is 18.1 Å². The summed E-state index contributed by atoms with van der Waals surface area (Å²) in [7, 11) is 1.62. The fourth-order valence-corrected chi connectivity index (χ4v) is 4.73. The van der Waals surface area contributed by atoms with Gasteiger partial charge in [0.05, 0.1) is 16.2 Å². The van der Waals surface area contributed by atoms with Crippen molar-refractivity contribution in [3.8, 4) is 0 Å². The SMILES string of the molecule is C/C=C(/C(=O)NCc1cccc(Cl)c1F)C(=O)/C(O)=C1\C[C@@]2(C[C@H]2COC)CN(C(C)C)C1=O. The van der Waals surface area contributed by atoms with E-state index in [-0.39, 0.29) is 52.1 Å². The van der Waals surface area contributed by atoms with Crippen LogP contribution in [0.3, 0.4) is 0 Å². The van der Waals surface area contributed by atoms with E-state index in [4.69, 9.17) is 16.3 Å². The summed E-state index contributed by atoms with van der Waals surface area (Å²) in [5.74, 6) is -3.31. The van der Waals surface area contributed by atoms with E-state index in [9.17, 15) is 23.9 Å². The molecular weight excluding hydrogens is 463 g/mol. The third-order valence-electron chi connectivity index (χ3n) is 6.63. The van der Waals surface area contributed by atoms with Gasteiger partial charge in [0.2, 0.25) is 5.78 Å². The molecular formula is C25H30ClFN2O5. The molecule has 0 aromatic heterocycles. The number of nitrogens with one attached hydrogen (secondary N) is 1. The second-order valence-electron chi connectivity index (χ2n) is 9.18. The molecule has 0 bridgehead atoms. The predicted molar refractivity (Wildman–Crippen MR) is 126 cm³/mol. The Morgan fingerprint density at radius 3 is 2.74 bits per heavy atom. The second kappa shape index (κ2) is 10.3. The largest absolute Gasteiger partial charge is 0.504 e. The van der Waals surface area contributed by atoms with E-state index in [0.29, 0.717) is 13.2 Å². The maximum Gasteiger partial charge on any atom is 0.255 e. The average molecular weight is 493 g/mol. The van der Waals surface area contributed by atoms with E-state index < -0.39 is 29.2 Å². The molecule has 2 aliphatic rings. The van der Waals surface area contributed by atoms with Gasteiger partial charge in [-0.3, -0.25) is 14.4 Å². The molecule has 7 nitrogen and oxygen atoms in total. The van der Waals surface area contributed by atoms with Gasteiger partial charge in [0.15, 0.2) is 5.76 Å². The van der Waals surface area contributed by atoms with Crippen LogP contribution in [0.2, 0.25) is 5.02 Å². The maximum atomic E-state index is 14.1. The number of amides is 2. The lowest BCUT2D eigenvalue weighted by Crippen LogP contribution is -2.47. The van der Waals surface area contributed by atoms with Gasteiger partial charge in [-0.25, -0.2) is 4.39 Å². The Bertz CT molecular complexity index is 1070. The number of carbonyl (C=O) groups is 3. The second-order valence-corrected chi connectivity index (χ2v) is 9.58. The van der Waals surface area contributed by atoms with E-state index in [2.05, 4.69) is 5.32 Å². The van der Waals surface area contributed by atoms with Crippen molar-refractivity contribution < 1.29 is 28.6 Å². The monoisotopic (exact) mass is 492 g/mol. The van der Waals surface area contributed by atoms with Crippen molar-refractivity contribution in [1.29, 1.82) is 0 Å². The summed E-state index contributed by atoms with van der Waals surface area (Å²) >= 11 is 5.77. The summed E-state index contributed by atoms with van der Waals surface area (Å²) in [6, 6.07) is 4.28. The van der Waals surface area contributed by atoms with Crippen LogP contribution in [-0.2, 0) is 25.7 Å². The third-order valence-corrected chi connectivity index (χ3v) is 6.92. The number of ketones is 1. The summed E-state index contributed by atoms with van der Waals surface area (Å²) in [6.07, 6.45) is 2.33. The molecule has 2 atom stereocenters.